The van der Waals surface area contributed by atoms with Crippen LogP contribution in [0.4, 0.5) is 0 Å². The van der Waals surface area contributed by atoms with Crippen molar-refractivity contribution in [2.45, 2.75) is 341 Å². The van der Waals surface area contributed by atoms with E-state index in [1.54, 1.807) is 0 Å². The number of phosphoric acid groups is 1. The first-order valence-electron chi connectivity index (χ1n) is 30.9. The lowest BCUT2D eigenvalue weighted by Gasteiger charge is -2.26. The van der Waals surface area contributed by atoms with Crippen LogP contribution in [0.5, 0.6) is 0 Å². The summed E-state index contributed by atoms with van der Waals surface area (Å²) >= 11 is 0. The Morgan fingerprint density at radius 3 is 0.971 bits per heavy atom. The fraction of sp³-hybridized carbons (Fsp3) is 0.983. The number of phosphoric ester groups is 1. The van der Waals surface area contributed by atoms with E-state index in [0.717, 1.165) is 38.5 Å². The van der Waals surface area contributed by atoms with Crippen molar-refractivity contribution >= 4 is 13.7 Å². The molecule has 3 atom stereocenters. The zero-order valence-electron chi connectivity index (χ0n) is 47.3. The molecule has 0 saturated heterocycles. The van der Waals surface area contributed by atoms with Crippen LogP contribution in [0.1, 0.15) is 328 Å². The summed E-state index contributed by atoms with van der Waals surface area (Å²) in [5.74, 6) is -0.141. The topological polar surface area (TPSA) is 105 Å². The predicted molar refractivity (Wildman–Crippen MR) is 300 cm³/mol. The lowest BCUT2D eigenvalue weighted by atomic mass is 10.0. The molecule has 69 heavy (non-hydrogen) atoms. The highest BCUT2D eigenvalue weighted by molar-refractivity contribution is 7.47. The van der Waals surface area contributed by atoms with Crippen LogP contribution in [0, 0.1) is 0 Å². The summed E-state index contributed by atoms with van der Waals surface area (Å²) in [6, 6.07) is -0.752. The SMILES string of the molecule is CCCCCCCCCCCCCCCCCCCCCCCCCCCCCCCCCCCCCCCCCCC(=O)NC(COP(=O)(O)OCC[N+](C)(C)C)C(O)CCCCCCCCC. The van der Waals surface area contributed by atoms with Crippen molar-refractivity contribution in [3.8, 4) is 0 Å². The van der Waals surface area contributed by atoms with Gasteiger partial charge in [-0.25, -0.2) is 4.57 Å². The van der Waals surface area contributed by atoms with Crippen molar-refractivity contribution in [3.05, 3.63) is 0 Å². The van der Waals surface area contributed by atoms with E-state index in [4.69, 9.17) is 9.05 Å². The van der Waals surface area contributed by atoms with Gasteiger partial charge in [0.15, 0.2) is 0 Å². The molecular weight excluding hydrogens is 876 g/mol. The quantitative estimate of drug-likeness (QED) is 0.0318. The first kappa shape index (κ1) is 68.5. The van der Waals surface area contributed by atoms with E-state index >= 15 is 0 Å². The maximum absolute atomic E-state index is 12.9. The second kappa shape index (κ2) is 52.4. The average molecular weight is 1000 g/mol. The molecule has 0 saturated carbocycles. The number of carbonyl (C=O) groups excluding carboxylic acids is 1. The van der Waals surface area contributed by atoms with E-state index in [1.165, 1.54) is 263 Å². The molecule has 0 rings (SSSR count). The Morgan fingerprint density at radius 1 is 0.435 bits per heavy atom. The van der Waals surface area contributed by atoms with Crippen LogP contribution < -0.4 is 5.32 Å². The molecule has 414 valence electrons. The van der Waals surface area contributed by atoms with Gasteiger partial charge in [-0.15, -0.1) is 0 Å². The van der Waals surface area contributed by atoms with Gasteiger partial charge in [0.25, 0.3) is 0 Å². The van der Waals surface area contributed by atoms with Crippen molar-refractivity contribution in [2.75, 3.05) is 40.9 Å². The Morgan fingerprint density at radius 2 is 0.696 bits per heavy atom. The van der Waals surface area contributed by atoms with Gasteiger partial charge in [-0.2, -0.15) is 0 Å². The fourth-order valence-electron chi connectivity index (χ4n) is 9.76. The third-order valence-electron chi connectivity index (χ3n) is 14.6. The number of hydrogen-bond donors (Lipinski definition) is 3. The van der Waals surface area contributed by atoms with Gasteiger partial charge in [-0.05, 0) is 12.8 Å². The standard InChI is InChI=1S/C60H123N2O6P/c1-6-8-10-12-14-15-16-17-18-19-20-21-22-23-24-25-26-27-28-29-30-31-32-33-34-35-36-37-38-39-40-41-42-43-44-45-46-48-50-52-54-60(64)61-58(59(63)53-51-49-47-13-11-9-7-2)57-68-69(65,66)67-56-55-62(3,4)5/h58-59,63H,6-57H2,1-5H3,(H-,61,64,65,66)/p+1. The van der Waals surface area contributed by atoms with E-state index in [1.807, 2.05) is 21.1 Å². The summed E-state index contributed by atoms with van der Waals surface area (Å²) in [7, 11) is 1.63. The lowest BCUT2D eigenvalue weighted by Crippen LogP contribution is -2.46. The minimum absolute atomic E-state index is 0.0781. The van der Waals surface area contributed by atoms with Gasteiger partial charge in [0, 0.05) is 6.42 Å². The third-order valence-corrected chi connectivity index (χ3v) is 15.6. The average Bonchev–Trinajstić information content (AvgIpc) is 3.31. The first-order valence-corrected chi connectivity index (χ1v) is 32.4. The molecule has 0 radical (unpaired) electrons. The Kier molecular flexibility index (Phi) is 52.0. The highest BCUT2D eigenvalue weighted by atomic mass is 31.2. The number of likely N-dealkylation sites (N-methyl/N-ethyl adjacent to an activating group) is 1. The van der Waals surface area contributed by atoms with Crippen LogP contribution in [0.25, 0.3) is 0 Å². The molecule has 3 N–H and O–H groups in total. The van der Waals surface area contributed by atoms with E-state index < -0.39 is 20.0 Å². The second-order valence-electron chi connectivity index (χ2n) is 22.8. The zero-order chi connectivity index (χ0) is 50.6. The molecular formula is C60H124N2O6P+. The van der Waals surface area contributed by atoms with Crippen molar-refractivity contribution in [1.29, 1.82) is 0 Å². The molecule has 0 heterocycles. The number of nitrogens with one attached hydrogen (secondary N) is 1. The largest absolute Gasteiger partial charge is 0.472 e. The van der Waals surface area contributed by atoms with Crippen molar-refractivity contribution in [2.24, 2.45) is 0 Å². The molecule has 0 fully saturated rings. The number of carbonyl (C=O) groups is 1. The highest BCUT2D eigenvalue weighted by Gasteiger charge is 2.28. The molecule has 0 aliphatic carbocycles. The van der Waals surface area contributed by atoms with Gasteiger partial charge in [0.1, 0.15) is 13.2 Å². The van der Waals surface area contributed by atoms with E-state index in [0.29, 0.717) is 23.9 Å². The Hall–Kier alpha value is -0.500. The molecule has 3 unspecified atom stereocenters. The summed E-state index contributed by atoms with van der Waals surface area (Å²) in [5.41, 5.74) is 0. The Balaban J connectivity index is 3.65. The van der Waals surface area contributed by atoms with Crippen LogP contribution in [0.15, 0.2) is 0 Å². The number of aliphatic hydroxyl groups excluding tert-OH is 1. The molecule has 9 heteroatoms. The van der Waals surface area contributed by atoms with Gasteiger partial charge >= 0.3 is 7.82 Å². The summed E-state index contributed by atoms with van der Waals surface area (Å²) in [4.78, 5) is 23.1. The Labute approximate surface area is 431 Å². The molecule has 1 amide bonds. The number of unbranched alkanes of at least 4 members (excludes halogenated alkanes) is 45. The van der Waals surface area contributed by atoms with E-state index in [2.05, 4.69) is 19.2 Å². The van der Waals surface area contributed by atoms with Gasteiger partial charge in [-0.3, -0.25) is 13.8 Å². The second-order valence-corrected chi connectivity index (χ2v) is 24.3. The van der Waals surface area contributed by atoms with Crippen LogP contribution in [0.3, 0.4) is 0 Å². The van der Waals surface area contributed by atoms with Gasteiger partial charge < -0.3 is 19.8 Å². The molecule has 0 aliphatic heterocycles. The smallest absolute Gasteiger partial charge is 0.391 e. The van der Waals surface area contributed by atoms with Crippen LogP contribution in [-0.2, 0) is 18.4 Å². The molecule has 0 aromatic carbocycles. The van der Waals surface area contributed by atoms with Crippen LogP contribution in [-0.4, -0.2) is 73.4 Å². The van der Waals surface area contributed by atoms with Crippen molar-refractivity contribution < 1.29 is 32.9 Å². The Bertz CT molecular complexity index is 1090. The van der Waals surface area contributed by atoms with E-state index in [-0.39, 0.29) is 19.1 Å². The highest BCUT2D eigenvalue weighted by Crippen LogP contribution is 2.43. The predicted octanol–water partition coefficient (Wildman–Crippen LogP) is 18.8. The minimum Gasteiger partial charge on any atom is -0.391 e. The molecule has 0 spiro atoms. The fourth-order valence-corrected chi connectivity index (χ4v) is 10.5. The summed E-state index contributed by atoms with van der Waals surface area (Å²) < 4.78 is 23.6. The van der Waals surface area contributed by atoms with Gasteiger partial charge in [0.05, 0.1) is 39.9 Å². The lowest BCUT2D eigenvalue weighted by molar-refractivity contribution is -0.870. The van der Waals surface area contributed by atoms with Gasteiger partial charge in [-0.1, -0.05) is 309 Å². The monoisotopic (exact) mass is 1000 g/mol. The molecule has 8 nitrogen and oxygen atoms in total. The number of rotatable bonds is 58. The normalized spacial score (nSPS) is 13.8. The number of aliphatic hydroxyl groups is 1. The summed E-state index contributed by atoms with van der Waals surface area (Å²) in [6.07, 6.45) is 63.9. The maximum atomic E-state index is 12.9. The molecule has 0 aromatic rings. The van der Waals surface area contributed by atoms with Crippen LogP contribution in [0.2, 0.25) is 0 Å². The summed E-state index contributed by atoms with van der Waals surface area (Å²) in [6.45, 7) is 4.88. The molecule has 0 bridgehead atoms. The molecule has 0 aliphatic rings. The van der Waals surface area contributed by atoms with E-state index in [9.17, 15) is 19.4 Å². The molecule has 0 aromatic heterocycles. The van der Waals surface area contributed by atoms with Crippen molar-refractivity contribution in [1.82, 2.24) is 5.32 Å². The number of quaternary nitrogens is 1. The minimum atomic E-state index is -4.30. The van der Waals surface area contributed by atoms with Gasteiger partial charge in [0.2, 0.25) is 5.91 Å². The number of hydrogen-bond acceptors (Lipinski definition) is 5. The van der Waals surface area contributed by atoms with Crippen molar-refractivity contribution in [3.63, 3.8) is 0 Å². The maximum Gasteiger partial charge on any atom is 0.472 e. The number of amides is 1. The number of nitrogens with zero attached hydrogens (tertiary/aromatic N) is 1. The van der Waals surface area contributed by atoms with Crippen LogP contribution >= 0.6 is 7.82 Å². The zero-order valence-corrected chi connectivity index (χ0v) is 48.2. The summed E-state index contributed by atoms with van der Waals surface area (Å²) in [5, 5.41) is 13.9. The third kappa shape index (κ3) is 55.1. The first-order chi connectivity index (χ1) is 33.5.